The smallest absolute Gasteiger partial charge is 0.218 e. The second-order valence-corrected chi connectivity index (χ2v) is 9.90. The van der Waals surface area contributed by atoms with Gasteiger partial charge in [0.1, 0.15) is 6.07 Å². The minimum Gasteiger partial charge on any atom is -0.481 e. The minimum atomic E-state index is -1.62. The summed E-state index contributed by atoms with van der Waals surface area (Å²) < 4.78 is 9.18. The Labute approximate surface area is 242 Å². The molecule has 9 heteroatoms. The Morgan fingerprint density at radius 3 is 2.36 bits per heavy atom. The van der Waals surface area contributed by atoms with E-state index in [2.05, 4.69) is 22.2 Å². The molecule has 0 spiro atoms. The predicted octanol–water partition coefficient (Wildman–Crippen LogP) is 4.78. The van der Waals surface area contributed by atoms with Crippen molar-refractivity contribution in [1.29, 1.82) is 10.5 Å². The van der Waals surface area contributed by atoms with Crippen molar-refractivity contribution < 1.29 is 9.84 Å². The summed E-state index contributed by atoms with van der Waals surface area (Å²) in [5, 5.41) is 37.0. The zero-order valence-corrected chi connectivity index (χ0v) is 22.9. The molecule has 3 heterocycles. The number of aromatic nitrogens is 5. The number of aliphatic hydroxyl groups is 1. The summed E-state index contributed by atoms with van der Waals surface area (Å²) in [6, 6.07) is 26.4. The number of imidazole rings is 1. The number of ether oxygens (including phenoxy) is 1. The topological polar surface area (TPSA) is 126 Å². The van der Waals surface area contributed by atoms with Crippen LogP contribution < -0.4 is 4.74 Å². The molecule has 0 aliphatic rings. The molecular formula is C33H25N7O2. The van der Waals surface area contributed by atoms with Gasteiger partial charge in [0.15, 0.2) is 5.60 Å². The van der Waals surface area contributed by atoms with Crippen molar-refractivity contribution in [1.82, 2.24) is 24.3 Å². The van der Waals surface area contributed by atoms with Crippen LogP contribution in [0.5, 0.6) is 5.88 Å². The summed E-state index contributed by atoms with van der Waals surface area (Å²) >= 11 is 0. The van der Waals surface area contributed by atoms with E-state index >= 15 is 0 Å². The number of aryl methyl sites for hydroxylation is 1. The number of hydrogen-bond acceptors (Lipinski definition) is 7. The lowest BCUT2D eigenvalue weighted by Gasteiger charge is -2.30. The second kappa shape index (κ2) is 10.7. The van der Waals surface area contributed by atoms with E-state index in [4.69, 9.17) is 9.72 Å². The third-order valence-corrected chi connectivity index (χ3v) is 7.48. The fraction of sp³-hybridized carbons (Fsp3) is 0.121. The van der Waals surface area contributed by atoms with Gasteiger partial charge in [0.05, 0.1) is 53.7 Å². The molecule has 3 aromatic heterocycles. The van der Waals surface area contributed by atoms with E-state index in [-0.39, 0.29) is 0 Å². The van der Waals surface area contributed by atoms with Gasteiger partial charge in [-0.2, -0.15) is 15.6 Å². The lowest BCUT2D eigenvalue weighted by Crippen LogP contribution is -2.31. The molecule has 0 aliphatic carbocycles. The Morgan fingerprint density at radius 2 is 1.74 bits per heavy atom. The second-order valence-electron chi connectivity index (χ2n) is 9.90. The summed E-state index contributed by atoms with van der Waals surface area (Å²) in [5.41, 5.74) is 4.01. The third-order valence-electron chi connectivity index (χ3n) is 7.48. The van der Waals surface area contributed by atoms with Crippen LogP contribution in [0.2, 0.25) is 0 Å². The van der Waals surface area contributed by atoms with Gasteiger partial charge >= 0.3 is 0 Å². The highest BCUT2D eigenvalue weighted by Gasteiger charge is 2.37. The number of rotatable bonds is 7. The summed E-state index contributed by atoms with van der Waals surface area (Å²) in [5.74, 6) is 0.372. The molecule has 1 N–H and O–H groups in total. The van der Waals surface area contributed by atoms with Crippen LogP contribution in [0.15, 0.2) is 97.7 Å². The standard InChI is InChI=1S/C33H25N7O2/c1-39-21-36-20-31(39)33(41,24-8-4-23(18-34)5-9-24)25-10-13-30-27(17-25)29(19-35)28(32(38-30)42-2)16-22-6-11-26(12-7-22)40-15-3-14-37-40/h3-15,17,20-21,41H,16H2,1-2H3. The molecule has 0 saturated carbocycles. The number of nitrogens with zero attached hydrogens (tertiary/aromatic N) is 7. The number of fused-ring (bicyclic) bond motifs is 1. The number of benzene rings is 3. The fourth-order valence-electron chi connectivity index (χ4n) is 5.31. The zero-order chi connectivity index (χ0) is 29.3. The molecular weight excluding hydrogens is 526 g/mol. The van der Waals surface area contributed by atoms with Gasteiger partial charge in [-0.1, -0.05) is 30.3 Å². The first-order valence-corrected chi connectivity index (χ1v) is 13.2. The molecule has 6 aromatic rings. The largest absolute Gasteiger partial charge is 0.481 e. The average molecular weight is 552 g/mol. The first kappa shape index (κ1) is 26.5. The Bertz CT molecular complexity index is 1980. The van der Waals surface area contributed by atoms with Crippen LogP contribution in [0.4, 0.5) is 0 Å². The van der Waals surface area contributed by atoms with Crippen LogP contribution in [-0.2, 0) is 19.1 Å². The number of methoxy groups -OCH3 is 1. The predicted molar refractivity (Wildman–Crippen MR) is 156 cm³/mol. The van der Waals surface area contributed by atoms with Crippen LogP contribution in [0, 0.1) is 22.7 Å². The lowest BCUT2D eigenvalue weighted by atomic mass is 9.82. The molecule has 204 valence electrons. The van der Waals surface area contributed by atoms with Crippen LogP contribution in [-0.4, -0.2) is 36.5 Å². The average Bonchev–Trinajstić information content (AvgIpc) is 3.73. The van der Waals surface area contributed by atoms with Gasteiger partial charge in [-0.15, -0.1) is 0 Å². The maximum absolute atomic E-state index is 12.4. The van der Waals surface area contributed by atoms with Gasteiger partial charge in [-0.3, -0.25) is 0 Å². The van der Waals surface area contributed by atoms with E-state index in [0.717, 1.165) is 11.3 Å². The van der Waals surface area contributed by atoms with Crippen molar-refractivity contribution in [2.75, 3.05) is 7.11 Å². The molecule has 6 rings (SSSR count). The van der Waals surface area contributed by atoms with Gasteiger partial charge in [0.25, 0.3) is 0 Å². The molecule has 0 saturated heterocycles. The molecule has 0 fully saturated rings. The lowest BCUT2D eigenvalue weighted by molar-refractivity contribution is 0.117. The van der Waals surface area contributed by atoms with E-state index in [1.165, 1.54) is 0 Å². The van der Waals surface area contributed by atoms with Crippen molar-refractivity contribution in [2.24, 2.45) is 7.05 Å². The Kier molecular flexibility index (Phi) is 6.71. The zero-order valence-electron chi connectivity index (χ0n) is 22.9. The first-order valence-electron chi connectivity index (χ1n) is 13.2. The quantitative estimate of drug-likeness (QED) is 0.303. The molecule has 1 unspecified atom stereocenters. The summed E-state index contributed by atoms with van der Waals surface area (Å²) in [7, 11) is 3.35. The molecule has 0 amide bonds. The molecule has 42 heavy (non-hydrogen) atoms. The van der Waals surface area contributed by atoms with Crippen LogP contribution in [0.25, 0.3) is 16.6 Å². The van der Waals surface area contributed by atoms with Gasteiger partial charge in [-0.25, -0.2) is 14.6 Å². The van der Waals surface area contributed by atoms with Crippen molar-refractivity contribution in [3.05, 3.63) is 137 Å². The monoisotopic (exact) mass is 551 g/mol. The van der Waals surface area contributed by atoms with Gasteiger partial charge in [-0.05, 0) is 59.2 Å². The van der Waals surface area contributed by atoms with E-state index in [9.17, 15) is 15.6 Å². The van der Waals surface area contributed by atoms with Crippen molar-refractivity contribution >= 4 is 10.9 Å². The molecule has 0 radical (unpaired) electrons. The summed E-state index contributed by atoms with van der Waals surface area (Å²) in [4.78, 5) is 8.97. The fourth-order valence-corrected chi connectivity index (χ4v) is 5.31. The molecule has 3 aromatic carbocycles. The van der Waals surface area contributed by atoms with Gasteiger partial charge in [0, 0.05) is 36.8 Å². The number of pyridine rings is 1. The Balaban J connectivity index is 1.50. The SMILES string of the molecule is COc1nc2ccc(C(O)(c3ccc(C#N)cc3)c3cncn3C)cc2c(C#N)c1Cc1ccc(-n2cccn2)cc1. The summed E-state index contributed by atoms with van der Waals surface area (Å²) in [6.45, 7) is 0. The number of hydrogen-bond donors (Lipinski definition) is 1. The molecule has 0 bridgehead atoms. The van der Waals surface area contributed by atoms with Crippen molar-refractivity contribution in [3.8, 4) is 23.7 Å². The molecule has 1 atom stereocenters. The van der Waals surface area contributed by atoms with Gasteiger partial charge < -0.3 is 14.4 Å². The third kappa shape index (κ3) is 4.44. The van der Waals surface area contributed by atoms with E-state index in [1.807, 2.05) is 36.5 Å². The molecule has 9 nitrogen and oxygen atoms in total. The van der Waals surface area contributed by atoms with Gasteiger partial charge in [0.2, 0.25) is 5.88 Å². The highest BCUT2D eigenvalue weighted by Crippen LogP contribution is 2.39. The first-order chi connectivity index (χ1) is 20.5. The van der Waals surface area contributed by atoms with Crippen LogP contribution in [0.3, 0.4) is 0 Å². The van der Waals surface area contributed by atoms with E-state index in [0.29, 0.717) is 56.7 Å². The molecule has 0 aliphatic heterocycles. The van der Waals surface area contributed by atoms with Crippen molar-refractivity contribution in [2.45, 2.75) is 12.0 Å². The minimum absolute atomic E-state index is 0.372. The Morgan fingerprint density at radius 1 is 0.976 bits per heavy atom. The number of nitriles is 2. The Hall–Kier alpha value is -5.77. The van der Waals surface area contributed by atoms with Crippen LogP contribution in [0.1, 0.15) is 39.1 Å². The maximum atomic E-state index is 12.4. The highest BCUT2D eigenvalue weighted by molar-refractivity contribution is 5.88. The summed E-state index contributed by atoms with van der Waals surface area (Å²) in [6.07, 6.45) is 7.25. The maximum Gasteiger partial charge on any atom is 0.218 e. The van der Waals surface area contributed by atoms with Crippen molar-refractivity contribution in [3.63, 3.8) is 0 Å². The normalized spacial score (nSPS) is 12.4. The van der Waals surface area contributed by atoms with E-state index < -0.39 is 5.60 Å². The van der Waals surface area contributed by atoms with Crippen LogP contribution >= 0.6 is 0 Å². The highest BCUT2D eigenvalue weighted by atomic mass is 16.5. The van der Waals surface area contributed by atoms with E-state index in [1.54, 1.807) is 84.6 Å².